The molecule has 3 heteroatoms. The molecule has 0 heterocycles. The highest BCUT2D eigenvalue weighted by molar-refractivity contribution is 4.92. The van der Waals surface area contributed by atoms with Crippen LogP contribution in [0, 0.1) is 5.92 Å². The van der Waals surface area contributed by atoms with Crippen molar-refractivity contribution in [1.82, 2.24) is 5.32 Å². The summed E-state index contributed by atoms with van der Waals surface area (Å²) in [6.07, 6.45) is 8.98. The number of nitrogens with one attached hydrogen (secondary N) is 1. The van der Waals surface area contributed by atoms with Crippen LogP contribution in [0.15, 0.2) is 0 Å². The molecule has 0 bridgehead atoms. The maximum Gasteiger partial charge on any atom is 0.0611 e. The zero-order chi connectivity index (χ0) is 13.0. The molecule has 2 aliphatic rings. The van der Waals surface area contributed by atoms with Crippen LogP contribution in [0.4, 0.5) is 0 Å². The molecule has 2 saturated carbocycles. The molecule has 0 amide bonds. The summed E-state index contributed by atoms with van der Waals surface area (Å²) >= 11 is 0. The van der Waals surface area contributed by atoms with Crippen molar-refractivity contribution in [3.63, 3.8) is 0 Å². The number of aliphatic hydroxyl groups is 1. The van der Waals surface area contributed by atoms with Crippen molar-refractivity contribution in [3.05, 3.63) is 0 Å². The van der Waals surface area contributed by atoms with Gasteiger partial charge in [-0.2, -0.15) is 0 Å². The van der Waals surface area contributed by atoms with E-state index in [4.69, 9.17) is 4.74 Å². The number of ether oxygens (including phenoxy) is 1. The number of hydrogen-bond acceptors (Lipinski definition) is 3. The lowest BCUT2D eigenvalue weighted by molar-refractivity contribution is 0.000636. The normalized spacial score (nSPS) is 32.2. The summed E-state index contributed by atoms with van der Waals surface area (Å²) in [6.45, 7) is 5.41. The van der Waals surface area contributed by atoms with Crippen molar-refractivity contribution in [2.45, 2.75) is 76.5 Å². The van der Waals surface area contributed by atoms with Gasteiger partial charge in [-0.3, -0.25) is 0 Å². The summed E-state index contributed by atoms with van der Waals surface area (Å²) in [5.41, 5.74) is -0.151. The lowest BCUT2D eigenvalue weighted by atomic mass is 9.88. The molecular formula is C15H29NO2. The van der Waals surface area contributed by atoms with E-state index >= 15 is 0 Å². The van der Waals surface area contributed by atoms with Crippen LogP contribution < -0.4 is 5.32 Å². The second-order valence-electron chi connectivity index (χ2n) is 6.65. The first-order valence-corrected chi connectivity index (χ1v) is 7.61. The van der Waals surface area contributed by atoms with Crippen molar-refractivity contribution in [2.75, 3.05) is 13.2 Å². The van der Waals surface area contributed by atoms with Crippen molar-refractivity contribution < 1.29 is 9.84 Å². The summed E-state index contributed by atoms with van der Waals surface area (Å²) < 4.78 is 6.00. The van der Waals surface area contributed by atoms with Gasteiger partial charge in [0.2, 0.25) is 0 Å². The van der Waals surface area contributed by atoms with Gasteiger partial charge in [-0.05, 0) is 44.9 Å². The van der Waals surface area contributed by atoms with Gasteiger partial charge in [0.25, 0.3) is 0 Å². The molecule has 3 unspecified atom stereocenters. The maximum absolute atomic E-state index is 9.52. The molecule has 2 fully saturated rings. The fraction of sp³-hybridized carbons (Fsp3) is 1.00. The number of aliphatic hydroxyl groups excluding tert-OH is 1. The highest BCUT2D eigenvalue weighted by Crippen LogP contribution is 2.27. The molecule has 106 valence electrons. The first-order chi connectivity index (χ1) is 8.61. The lowest BCUT2D eigenvalue weighted by Gasteiger charge is -2.31. The molecular weight excluding hydrogens is 226 g/mol. The molecule has 0 aromatic carbocycles. The first-order valence-electron chi connectivity index (χ1n) is 7.61. The van der Waals surface area contributed by atoms with E-state index in [9.17, 15) is 5.11 Å². The Labute approximate surface area is 111 Å². The van der Waals surface area contributed by atoms with E-state index in [1.807, 2.05) is 0 Å². The molecule has 0 radical (unpaired) electrons. The van der Waals surface area contributed by atoms with Crippen LogP contribution in [0.1, 0.15) is 58.8 Å². The van der Waals surface area contributed by atoms with E-state index < -0.39 is 0 Å². The minimum Gasteiger partial charge on any atom is -0.394 e. The predicted molar refractivity (Wildman–Crippen MR) is 73.6 cm³/mol. The van der Waals surface area contributed by atoms with Crippen LogP contribution in [0.3, 0.4) is 0 Å². The van der Waals surface area contributed by atoms with Gasteiger partial charge >= 0.3 is 0 Å². The van der Waals surface area contributed by atoms with Gasteiger partial charge < -0.3 is 15.2 Å². The van der Waals surface area contributed by atoms with E-state index in [0.29, 0.717) is 12.1 Å². The van der Waals surface area contributed by atoms with Crippen LogP contribution in [0.5, 0.6) is 0 Å². The van der Waals surface area contributed by atoms with E-state index in [-0.39, 0.29) is 12.1 Å². The van der Waals surface area contributed by atoms with E-state index in [2.05, 4.69) is 19.2 Å². The Hall–Kier alpha value is -0.120. The molecule has 2 N–H and O–H groups in total. The van der Waals surface area contributed by atoms with Crippen molar-refractivity contribution >= 4 is 0 Å². The zero-order valence-corrected chi connectivity index (χ0v) is 12.0. The first kappa shape index (κ1) is 14.3. The molecule has 0 aliphatic heterocycles. The molecule has 0 aromatic rings. The van der Waals surface area contributed by atoms with Crippen LogP contribution in [-0.4, -0.2) is 36.0 Å². The van der Waals surface area contributed by atoms with E-state index in [1.54, 1.807) is 0 Å². The third-order valence-corrected chi connectivity index (χ3v) is 4.37. The van der Waals surface area contributed by atoms with Gasteiger partial charge in [-0.25, -0.2) is 0 Å². The summed E-state index contributed by atoms with van der Waals surface area (Å²) in [4.78, 5) is 0. The van der Waals surface area contributed by atoms with E-state index in [0.717, 1.165) is 18.9 Å². The van der Waals surface area contributed by atoms with Gasteiger partial charge in [0.05, 0.1) is 12.7 Å². The Bertz CT molecular complexity index is 255. The summed E-state index contributed by atoms with van der Waals surface area (Å²) in [7, 11) is 0. The van der Waals surface area contributed by atoms with Gasteiger partial charge in [-0.1, -0.05) is 19.8 Å². The van der Waals surface area contributed by atoms with Crippen LogP contribution >= 0.6 is 0 Å². The molecule has 2 rings (SSSR count). The average Bonchev–Trinajstić information content (AvgIpc) is 3.13. The molecule has 0 saturated heterocycles. The van der Waals surface area contributed by atoms with Crippen LogP contribution in [-0.2, 0) is 4.74 Å². The van der Waals surface area contributed by atoms with Gasteiger partial charge in [0, 0.05) is 18.2 Å². The third kappa shape index (κ3) is 4.52. The summed E-state index contributed by atoms with van der Waals surface area (Å²) in [5, 5.41) is 13.1. The SMILES string of the molecule is CC1CCCC(OCCC(C)(CO)NC2CC2)C1. The zero-order valence-electron chi connectivity index (χ0n) is 12.0. The number of rotatable bonds is 7. The van der Waals surface area contributed by atoms with Crippen molar-refractivity contribution in [1.29, 1.82) is 0 Å². The largest absolute Gasteiger partial charge is 0.394 e. The van der Waals surface area contributed by atoms with Gasteiger partial charge in [0.15, 0.2) is 0 Å². The molecule has 18 heavy (non-hydrogen) atoms. The van der Waals surface area contributed by atoms with Crippen molar-refractivity contribution in [3.8, 4) is 0 Å². The standard InChI is InChI=1S/C15H29NO2/c1-12-4-3-5-14(10-12)18-9-8-15(2,11-17)16-13-6-7-13/h12-14,16-17H,3-11H2,1-2H3. The third-order valence-electron chi connectivity index (χ3n) is 4.37. The minimum absolute atomic E-state index is 0.151. The molecule has 0 aromatic heterocycles. The fourth-order valence-corrected chi connectivity index (χ4v) is 2.90. The second-order valence-corrected chi connectivity index (χ2v) is 6.65. The monoisotopic (exact) mass is 255 g/mol. The molecule has 2 aliphatic carbocycles. The quantitative estimate of drug-likeness (QED) is 0.734. The van der Waals surface area contributed by atoms with Gasteiger partial charge in [0.1, 0.15) is 0 Å². The Morgan fingerprint density at radius 2 is 2.06 bits per heavy atom. The summed E-state index contributed by atoms with van der Waals surface area (Å²) in [5.74, 6) is 0.817. The Kier molecular flexibility index (Phi) is 5.05. The van der Waals surface area contributed by atoms with Gasteiger partial charge in [-0.15, -0.1) is 0 Å². The summed E-state index contributed by atoms with van der Waals surface area (Å²) in [6, 6.07) is 0.636. The minimum atomic E-state index is -0.151. The molecule has 3 atom stereocenters. The van der Waals surface area contributed by atoms with Crippen LogP contribution in [0.25, 0.3) is 0 Å². The second kappa shape index (κ2) is 6.36. The maximum atomic E-state index is 9.52. The predicted octanol–water partition coefficient (Wildman–Crippen LogP) is 2.47. The number of hydrogen-bond donors (Lipinski definition) is 2. The smallest absolute Gasteiger partial charge is 0.0611 e. The Balaban J connectivity index is 1.66. The fourth-order valence-electron chi connectivity index (χ4n) is 2.90. The molecule has 3 nitrogen and oxygen atoms in total. The van der Waals surface area contributed by atoms with E-state index in [1.165, 1.54) is 38.5 Å². The molecule has 0 spiro atoms. The highest BCUT2D eigenvalue weighted by Gasteiger charge is 2.32. The Morgan fingerprint density at radius 1 is 1.28 bits per heavy atom. The van der Waals surface area contributed by atoms with Crippen LogP contribution in [0.2, 0.25) is 0 Å². The van der Waals surface area contributed by atoms with Crippen molar-refractivity contribution in [2.24, 2.45) is 5.92 Å². The lowest BCUT2D eigenvalue weighted by Crippen LogP contribution is -2.48. The average molecular weight is 255 g/mol. The highest BCUT2D eigenvalue weighted by atomic mass is 16.5. The topological polar surface area (TPSA) is 41.5 Å². The Morgan fingerprint density at radius 3 is 2.67 bits per heavy atom.